The summed E-state index contributed by atoms with van der Waals surface area (Å²) in [7, 11) is 0. The Kier molecular flexibility index (Phi) is 4.07. The molecule has 1 aliphatic rings. The van der Waals surface area contributed by atoms with Crippen molar-refractivity contribution in [2.75, 3.05) is 25.1 Å². The van der Waals surface area contributed by atoms with Crippen LogP contribution in [0.3, 0.4) is 0 Å². The molecule has 94 valence electrons. The van der Waals surface area contributed by atoms with Gasteiger partial charge in [-0.3, -0.25) is 0 Å². The van der Waals surface area contributed by atoms with E-state index >= 15 is 0 Å². The molecular formula is C13H19BrN2O. The summed E-state index contributed by atoms with van der Waals surface area (Å²) in [6.45, 7) is 4.43. The van der Waals surface area contributed by atoms with Crippen LogP contribution in [0, 0.1) is 5.92 Å². The average molecular weight is 299 g/mol. The van der Waals surface area contributed by atoms with Gasteiger partial charge in [-0.05, 0) is 31.5 Å². The SMILES string of the molecule is CC(CN)(Nc1cccc(Br)c1)C1CCOC1. The van der Waals surface area contributed by atoms with Crippen LogP contribution in [-0.4, -0.2) is 25.3 Å². The van der Waals surface area contributed by atoms with Crippen molar-refractivity contribution in [3.8, 4) is 0 Å². The zero-order chi connectivity index (χ0) is 12.3. The fourth-order valence-electron chi connectivity index (χ4n) is 2.25. The second-order valence-electron chi connectivity index (χ2n) is 4.82. The lowest BCUT2D eigenvalue weighted by atomic mass is 9.84. The Morgan fingerprint density at radius 3 is 3.00 bits per heavy atom. The molecule has 2 atom stereocenters. The second-order valence-corrected chi connectivity index (χ2v) is 5.73. The maximum atomic E-state index is 5.94. The molecule has 3 nitrogen and oxygen atoms in total. The predicted octanol–water partition coefficient (Wildman–Crippen LogP) is 2.61. The normalized spacial score (nSPS) is 23.4. The van der Waals surface area contributed by atoms with Crippen LogP contribution in [0.1, 0.15) is 13.3 Å². The van der Waals surface area contributed by atoms with Crippen LogP contribution in [0.4, 0.5) is 5.69 Å². The van der Waals surface area contributed by atoms with E-state index in [1.54, 1.807) is 0 Å². The third-order valence-corrected chi connectivity index (χ3v) is 4.00. The highest BCUT2D eigenvalue weighted by Gasteiger charge is 2.35. The van der Waals surface area contributed by atoms with Crippen LogP contribution in [0.15, 0.2) is 28.7 Å². The monoisotopic (exact) mass is 298 g/mol. The Hall–Kier alpha value is -0.580. The minimum absolute atomic E-state index is 0.0999. The summed E-state index contributed by atoms with van der Waals surface area (Å²) in [6, 6.07) is 8.18. The first-order chi connectivity index (χ1) is 8.14. The topological polar surface area (TPSA) is 47.3 Å². The number of nitrogens with two attached hydrogens (primary N) is 1. The van der Waals surface area contributed by atoms with Crippen LogP contribution < -0.4 is 11.1 Å². The first-order valence-corrected chi connectivity index (χ1v) is 6.75. The van der Waals surface area contributed by atoms with E-state index in [0.717, 1.165) is 29.8 Å². The number of halogens is 1. The number of anilines is 1. The molecule has 0 saturated carbocycles. The summed E-state index contributed by atoms with van der Waals surface area (Å²) in [5.41, 5.74) is 6.94. The highest BCUT2D eigenvalue weighted by atomic mass is 79.9. The van der Waals surface area contributed by atoms with Gasteiger partial charge in [0.2, 0.25) is 0 Å². The molecule has 1 fully saturated rings. The van der Waals surface area contributed by atoms with Crippen LogP contribution in [-0.2, 0) is 4.74 Å². The van der Waals surface area contributed by atoms with Gasteiger partial charge in [0.15, 0.2) is 0 Å². The summed E-state index contributed by atoms with van der Waals surface area (Å²) in [4.78, 5) is 0. The standard InChI is InChI=1S/C13H19BrN2O/c1-13(9-15,10-5-6-17-8-10)16-12-4-2-3-11(14)7-12/h2-4,7,10,16H,5-6,8-9,15H2,1H3. The largest absolute Gasteiger partial charge is 0.381 e. The van der Waals surface area contributed by atoms with E-state index < -0.39 is 0 Å². The smallest absolute Gasteiger partial charge is 0.0518 e. The zero-order valence-electron chi connectivity index (χ0n) is 10.1. The van der Waals surface area contributed by atoms with E-state index in [2.05, 4.69) is 40.3 Å². The highest BCUT2D eigenvalue weighted by molar-refractivity contribution is 9.10. The van der Waals surface area contributed by atoms with Crippen molar-refractivity contribution in [3.63, 3.8) is 0 Å². The van der Waals surface area contributed by atoms with Gasteiger partial charge in [-0.15, -0.1) is 0 Å². The number of hydrogen-bond donors (Lipinski definition) is 2. The molecule has 0 aromatic heterocycles. The van der Waals surface area contributed by atoms with Gasteiger partial charge in [-0.2, -0.15) is 0 Å². The molecule has 17 heavy (non-hydrogen) atoms. The molecule has 0 radical (unpaired) electrons. The van der Waals surface area contributed by atoms with Crippen molar-refractivity contribution in [1.29, 1.82) is 0 Å². The number of nitrogens with one attached hydrogen (secondary N) is 1. The van der Waals surface area contributed by atoms with E-state index in [-0.39, 0.29) is 5.54 Å². The molecule has 0 bridgehead atoms. The Morgan fingerprint density at radius 2 is 2.41 bits per heavy atom. The molecule has 1 saturated heterocycles. The maximum Gasteiger partial charge on any atom is 0.0518 e. The minimum Gasteiger partial charge on any atom is -0.381 e. The molecule has 0 amide bonds. The average Bonchev–Trinajstić information content (AvgIpc) is 2.83. The third kappa shape index (κ3) is 3.00. The Labute approximate surface area is 111 Å². The first kappa shape index (κ1) is 12.9. The van der Waals surface area contributed by atoms with Gasteiger partial charge in [0.05, 0.1) is 12.1 Å². The molecule has 1 heterocycles. The Morgan fingerprint density at radius 1 is 1.59 bits per heavy atom. The Balaban J connectivity index is 2.13. The second kappa shape index (κ2) is 5.38. The molecule has 2 rings (SSSR count). The van der Waals surface area contributed by atoms with Gasteiger partial charge in [0.1, 0.15) is 0 Å². The lowest BCUT2D eigenvalue weighted by Crippen LogP contribution is -2.49. The Bertz CT molecular complexity index is 379. The summed E-state index contributed by atoms with van der Waals surface area (Å²) < 4.78 is 6.54. The molecule has 4 heteroatoms. The van der Waals surface area contributed by atoms with Crippen molar-refractivity contribution < 1.29 is 4.74 Å². The van der Waals surface area contributed by atoms with Gasteiger partial charge >= 0.3 is 0 Å². The molecule has 1 aliphatic heterocycles. The molecule has 2 unspecified atom stereocenters. The molecule has 0 aliphatic carbocycles. The van der Waals surface area contributed by atoms with Gasteiger partial charge in [-0.25, -0.2) is 0 Å². The lowest BCUT2D eigenvalue weighted by Gasteiger charge is -2.35. The molecule has 1 aromatic rings. The van der Waals surface area contributed by atoms with E-state index in [4.69, 9.17) is 10.5 Å². The number of hydrogen-bond acceptors (Lipinski definition) is 3. The van der Waals surface area contributed by atoms with Crippen LogP contribution in [0.25, 0.3) is 0 Å². The molecule has 3 N–H and O–H groups in total. The fourth-order valence-corrected chi connectivity index (χ4v) is 2.65. The van der Waals surface area contributed by atoms with Crippen molar-refractivity contribution in [2.24, 2.45) is 11.7 Å². The summed E-state index contributed by atoms with van der Waals surface area (Å²) >= 11 is 3.48. The van der Waals surface area contributed by atoms with Crippen molar-refractivity contribution in [1.82, 2.24) is 0 Å². The number of benzene rings is 1. The summed E-state index contributed by atoms with van der Waals surface area (Å²) in [5, 5.41) is 3.55. The third-order valence-electron chi connectivity index (χ3n) is 3.51. The number of ether oxygens (including phenoxy) is 1. The zero-order valence-corrected chi connectivity index (χ0v) is 11.7. The summed E-state index contributed by atoms with van der Waals surface area (Å²) in [5.74, 6) is 0.478. The van der Waals surface area contributed by atoms with E-state index in [9.17, 15) is 0 Å². The van der Waals surface area contributed by atoms with Gasteiger partial charge in [-0.1, -0.05) is 22.0 Å². The summed E-state index contributed by atoms with van der Waals surface area (Å²) in [6.07, 6.45) is 1.08. The lowest BCUT2D eigenvalue weighted by molar-refractivity contribution is 0.172. The molecule has 0 spiro atoms. The van der Waals surface area contributed by atoms with Crippen LogP contribution in [0.5, 0.6) is 0 Å². The van der Waals surface area contributed by atoms with Crippen LogP contribution in [0.2, 0.25) is 0 Å². The van der Waals surface area contributed by atoms with E-state index in [1.807, 2.05) is 12.1 Å². The van der Waals surface area contributed by atoms with Crippen LogP contribution >= 0.6 is 15.9 Å². The quantitative estimate of drug-likeness (QED) is 0.898. The highest BCUT2D eigenvalue weighted by Crippen LogP contribution is 2.29. The van der Waals surface area contributed by atoms with Crippen molar-refractivity contribution in [2.45, 2.75) is 18.9 Å². The fraction of sp³-hybridized carbons (Fsp3) is 0.538. The molecule has 1 aromatic carbocycles. The van der Waals surface area contributed by atoms with Crippen molar-refractivity contribution in [3.05, 3.63) is 28.7 Å². The molecular weight excluding hydrogens is 280 g/mol. The minimum atomic E-state index is -0.0999. The number of rotatable bonds is 4. The predicted molar refractivity (Wildman–Crippen MR) is 74.2 cm³/mol. The van der Waals surface area contributed by atoms with Gasteiger partial charge in [0, 0.05) is 29.2 Å². The van der Waals surface area contributed by atoms with Crippen molar-refractivity contribution >= 4 is 21.6 Å². The maximum absolute atomic E-state index is 5.94. The van der Waals surface area contributed by atoms with E-state index in [0.29, 0.717) is 12.5 Å². The van der Waals surface area contributed by atoms with Gasteiger partial charge in [0.25, 0.3) is 0 Å². The van der Waals surface area contributed by atoms with Gasteiger partial charge < -0.3 is 15.8 Å². The van der Waals surface area contributed by atoms with E-state index in [1.165, 1.54) is 0 Å². The first-order valence-electron chi connectivity index (χ1n) is 5.95.